The van der Waals surface area contributed by atoms with E-state index in [4.69, 9.17) is 0 Å². The minimum atomic E-state index is 0.201. The quantitative estimate of drug-likeness (QED) is 0.821. The van der Waals surface area contributed by atoms with Gasteiger partial charge in [0.15, 0.2) is 5.78 Å². The number of carbonyl (C=O) groups is 2. The predicted octanol–water partition coefficient (Wildman–Crippen LogP) is 4.17. The van der Waals surface area contributed by atoms with Crippen LogP contribution in [0, 0.1) is 40.4 Å². The SMILES string of the molecule is CNCCC(=O)C1CC[C@H]2[C@@H]3CCC4CC(=O)C=C[C@]4(C)[C@@H]3CC[C@]12C. The van der Waals surface area contributed by atoms with Crippen LogP contribution in [0.1, 0.15) is 65.2 Å². The number of ketones is 2. The molecule has 4 aliphatic rings. The molecule has 3 nitrogen and oxygen atoms in total. The molecule has 144 valence electrons. The van der Waals surface area contributed by atoms with Crippen molar-refractivity contribution in [2.24, 2.45) is 40.4 Å². The molecule has 4 rings (SSSR count). The van der Waals surface area contributed by atoms with Crippen LogP contribution in [0.15, 0.2) is 12.2 Å². The number of nitrogens with one attached hydrogen (secondary N) is 1. The number of hydrogen-bond acceptors (Lipinski definition) is 3. The summed E-state index contributed by atoms with van der Waals surface area (Å²) in [6, 6.07) is 0. The van der Waals surface area contributed by atoms with E-state index in [9.17, 15) is 9.59 Å². The van der Waals surface area contributed by atoms with Crippen LogP contribution in [-0.4, -0.2) is 25.2 Å². The zero-order valence-corrected chi connectivity index (χ0v) is 16.7. The fraction of sp³-hybridized carbons (Fsp3) is 0.826. The third kappa shape index (κ3) is 2.65. The highest BCUT2D eigenvalue weighted by Crippen LogP contribution is 2.66. The van der Waals surface area contributed by atoms with Crippen molar-refractivity contribution in [3.63, 3.8) is 0 Å². The number of fused-ring (bicyclic) bond motifs is 5. The van der Waals surface area contributed by atoms with E-state index in [0.29, 0.717) is 35.7 Å². The zero-order chi connectivity index (χ0) is 18.5. The molecule has 0 aromatic carbocycles. The van der Waals surface area contributed by atoms with Gasteiger partial charge in [-0.3, -0.25) is 9.59 Å². The fourth-order valence-electron chi connectivity index (χ4n) is 7.59. The minimum Gasteiger partial charge on any atom is -0.319 e. The van der Waals surface area contributed by atoms with E-state index in [2.05, 4.69) is 25.2 Å². The standard InChI is InChI=1S/C23H35NO2/c1-22-11-8-16(25)14-15(22)4-5-17-18-6-7-20(21(26)10-13-24-3)23(18,2)12-9-19(17)22/h8,11,15,17-20,24H,4-7,9-10,12-14H2,1-3H3/t15?,17-,18-,19+,20?,22-,23-/m0/s1. The highest BCUT2D eigenvalue weighted by molar-refractivity contribution is 5.91. The molecule has 0 spiro atoms. The lowest BCUT2D eigenvalue weighted by Gasteiger charge is -2.58. The summed E-state index contributed by atoms with van der Waals surface area (Å²) in [4.78, 5) is 24.8. The second-order valence-electron chi connectivity index (χ2n) is 10.0. The number of carbonyl (C=O) groups excluding carboxylic acids is 2. The molecule has 26 heavy (non-hydrogen) atoms. The van der Waals surface area contributed by atoms with Gasteiger partial charge in [-0.15, -0.1) is 0 Å². The first-order valence-electron chi connectivity index (χ1n) is 10.8. The molecule has 0 saturated heterocycles. The van der Waals surface area contributed by atoms with E-state index in [1.54, 1.807) is 0 Å². The van der Waals surface area contributed by atoms with E-state index in [1.807, 2.05) is 13.1 Å². The molecule has 4 aliphatic carbocycles. The van der Waals surface area contributed by atoms with Crippen molar-refractivity contribution < 1.29 is 9.59 Å². The number of Topliss-reactive ketones (excluding diaryl/α,β-unsaturated/α-hetero) is 1. The van der Waals surface area contributed by atoms with Crippen LogP contribution < -0.4 is 5.32 Å². The Morgan fingerprint density at radius 1 is 1.15 bits per heavy atom. The van der Waals surface area contributed by atoms with Crippen LogP contribution in [0.2, 0.25) is 0 Å². The van der Waals surface area contributed by atoms with E-state index in [-0.39, 0.29) is 16.7 Å². The summed E-state index contributed by atoms with van der Waals surface area (Å²) in [6.07, 6.45) is 12.8. The number of allylic oxidation sites excluding steroid dienone is 2. The van der Waals surface area contributed by atoms with E-state index < -0.39 is 0 Å². The van der Waals surface area contributed by atoms with Gasteiger partial charge >= 0.3 is 0 Å². The molecular formula is C23H35NO2. The Hall–Kier alpha value is -0.960. The third-order valence-corrected chi connectivity index (χ3v) is 9.05. The van der Waals surface area contributed by atoms with E-state index >= 15 is 0 Å². The summed E-state index contributed by atoms with van der Waals surface area (Å²) < 4.78 is 0. The van der Waals surface area contributed by atoms with E-state index in [1.165, 1.54) is 32.1 Å². The van der Waals surface area contributed by atoms with Crippen molar-refractivity contribution in [3.8, 4) is 0 Å². The molecular weight excluding hydrogens is 322 g/mol. The van der Waals surface area contributed by atoms with Crippen LogP contribution in [0.25, 0.3) is 0 Å². The van der Waals surface area contributed by atoms with Gasteiger partial charge in [-0.2, -0.15) is 0 Å². The number of rotatable bonds is 4. The first-order chi connectivity index (χ1) is 12.4. The Bertz CT molecular complexity index is 626. The maximum Gasteiger partial charge on any atom is 0.155 e. The van der Waals surface area contributed by atoms with Gasteiger partial charge in [-0.05, 0) is 86.2 Å². The molecule has 3 heteroatoms. The van der Waals surface area contributed by atoms with Gasteiger partial charge in [0.2, 0.25) is 0 Å². The molecule has 0 aromatic heterocycles. The first-order valence-corrected chi connectivity index (χ1v) is 10.8. The van der Waals surface area contributed by atoms with Crippen LogP contribution >= 0.6 is 0 Å². The summed E-state index contributed by atoms with van der Waals surface area (Å²) in [5.74, 6) is 3.78. The second kappa shape index (κ2) is 6.58. The van der Waals surface area contributed by atoms with Crippen LogP contribution in [0.5, 0.6) is 0 Å². The normalized spacial score (nSPS) is 47.2. The topological polar surface area (TPSA) is 46.2 Å². The third-order valence-electron chi connectivity index (χ3n) is 9.05. The molecule has 0 radical (unpaired) electrons. The van der Waals surface area contributed by atoms with Crippen LogP contribution in [-0.2, 0) is 9.59 Å². The first kappa shape index (κ1) is 18.4. The second-order valence-corrected chi connectivity index (χ2v) is 10.0. The summed E-state index contributed by atoms with van der Waals surface area (Å²) in [5, 5.41) is 3.14. The fourth-order valence-corrected chi connectivity index (χ4v) is 7.59. The largest absolute Gasteiger partial charge is 0.319 e. The van der Waals surface area contributed by atoms with Crippen molar-refractivity contribution in [2.45, 2.75) is 65.2 Å². The zero-order valence-electron chi connectivity index (χ0n) is 16.7. The smallest absolute Gasteiger partial charge is 0.155 e. The van der Waals surface area contributed by atoms with Crippen molar-refractivity contribution >= 4 is 11.6 Å². The molecule has 1 N–H and O–H groups in total. The van der Waals surface area contributed by atoms with E-state index in [0.717, 1.165) is 25.3 Å². The number of hydrogen-bond donors (Lipinski definition) is 1. The van der Waals surface area contributed by atoms with Crippen LogP contribution in [0.3, 0.4) is 0 Å². The van der Waals surface area contributed by atoms with Gasteiger partial charge < -0.3 is 5.32 Å². The van der Waals surface area contributed by atoms with Crippen molar-refractivity contribution in [1.29, 1.82) is 0 Å². The van der Waals surface area contributed by atoms with Gasteiger partial charge in [0.05, 0.1) is 0 Å². The van der Waals surface area contributed by atoms with Gasteiger partial charge in [0, 0.05) is 25.3 Å². The Morgan fingerprint density at radius 2 is 1.96 bits per heavy atom. The average molecular weight is 358 g/mol. The lowest BCUT2D eigenvalue weighted by Crippen LogP contribution is -2.52. The van der Waals surface area contributed by atoms with Crippen molar-refractivity contribution in [2.75, 3.05) is 13.6 Å². The Balaban J connectivity index is 1.57. The maximum absolute atomic E-state index is 12.9. The molecule has 3 fully saturated rings. The Labute approximate surface area is 158 Å². The predicted molar refractivity (Wildman–Crippen MR) is 104 cm³/mol. The summed E-state index contributed by atoms with van der Waals surface area (Å²) in [7, 11) is 1.93. The maximum atomic E-state index is 12.9. The Morgan fingerprint density at radius 3 is 2.73 bits per heavy atom. The van der Waals surface area contributed by atoms with Crippen molar-refractivity contribution in [3.05, 3.63) is 12.2 Å². The van der Waals surface area contributed by atoms with Crippen LogP contribution in [0.4, 0.5) is 0 Å². The highest BCUT2D eigenvalue weighted by Gasteiger charge is 2.60. The van der Waals surface area contributed by atoms with Crippen molar-refractivity contribution in [1.82, 2.24) is 5.32 Å². The molecule has 0 bridgehead atoms. The summed E-state index contributed by atoms with van der Waals surface area (Å²) in [5.41, 5.74) is 0.412. The van der Waals surface area contributed by atoms with Gasteiger partial charge in [-0.25, -0.2) is 0 Å². The molecule has 7 atom stereocenters. The van der Waals surface area contributed by atoms with Gasteiger partial charge in [-0.1, -0.05) is 19.9 Å². The Kier molecular flexibility index (Phi) is 4.66. The molecule has 0 heterocycles. The minimum absolute atomic E-state index is 0.201. The molecule has 3 saturated carbocycles. The van der Waals surface area contributed by atoms with Gasteiger partial charge in [0.1, 0.15) is 5.78 Å². The molecule has 2 unspecified atom stereocenters. The monoisotopic (exact) mass is 357 g/mol. The average Bonchev–Trinajstić information content (AvgIpc) is 2.97. The lowest BCUT2D eigenvalue weighted by molar-refractivity contribution is -0.133. The molecule has 0 aromatic rings. The molecule has 0 amide bonds. The lowest BCUT2D eigenvalue weighted by atomic mass is 9.46. The summed E-state index contributed by atoms with van der Waals surface area (Å²) in [6.45, 7) is 5.66. The van der Waals surface area contributed by atoms with Gasteiger partial charge in [0.25, 0.3) is 0 Å². The molecule has 0 aliphatic heterocycles. The summed E-state index contributed by atoms with van der Waals surface area (Å²) >= 11 is 0. The highest BCUT2D eigenvalue weighted by atomic mass is 16.1.